The minimum atomic E-state index is -0.344. The lowest BCUT2D eigenvalue weighted by Gasteiger charge is -2.13. The summed E-state index contributed by atoms with van der Waals surface area (Å²) in [7, 11) is 0. The maximum Gasteiger partial charge on any atom is 0.222 e. The van der Waals surface area contributed by atoms with Crippen LogP contribution in [0.1, 0.15) is 6.42 Å². The second-order valence-electron chi connectivity index (χ2n) is 3.58. The molecule has 0 aliphatic carbocycles. The number of benzene rings is 1. The van der Waals surface area contributed by atoms with Gasteiger partial charge in [0, 0.05) is 13.0 Å². The predicted molar refractivity (Wildman–Crippen MR) is 55.8 cm³/mol. The van der Waals surface area contributed by atoms with E-state index >= 15 is 0 Å². The van der Waals surface area contributed by atoms with Crippen molar-refractivity contribution in [3.63, 3.8) is 0 Å². The smallest absolute Gasteiger partial charge is 0.222 e. The summed E-state index contributed by atoms with van der Waals surface area (Å²) in [5.41, 5.74) is 6.69. The third kappa shape index (κ3) is 2.18. The Kier molecular flexibility index (Phi) is 2.45. The highest BCUT2D eigenvalue weighted by Gasteiger charge is 2.21. The van der Waals surface area contributed by atoms with Crippen LogP contribution in [0.25, 0.3) is 0 Å². The van der Waals surface area contributed by atoms with Crippen LogP contribution in [0.2, 0.25) is 0 Å². The van der Waals surface area contributed by atoms with E-state index in [-0.39, 0.29) is 17.8 Å². The van der Waals surface area contributed by atoms with Crippen molar-refractivity contribution in [2.45, 2.75) is 12.5 Å². The molecule has 4 nitrogen and oxygen atoms in total. The van der Waals surface area contributed by atoms with Crippen molar-refractivity contribution in [2.24, 2.45) is 0 Å². The molecule has 1 aromatic carbocycles. The molecule has 0 radical (unpaired) electrons. The average Bonchev–Trinajstić information content (AvgIpc) is 2.58. The summed E-state index contributed by atoms with van der Waals surface area (Å²) < 4.78 is 12.9. The number of carbonyl (C=O) groups is 1. The van der Waals surface area contributed by atoms with Crippen LogP contribution in [0.5, 0.6) is 0 Å². The maximum atomic E-state index is 12.9. The lowest BCUT2D eigenvalue weighted by molar-refractivity contribution is -0.119. The van der Waals surface area contributed by atoms with E-state index in [1.807, 2.05) is 0 Å². The van der Waals surface area contributed by atoms with Gasteiger partial charge in [-0.1, -0.05) is 0 Å². The van der Waals surface area contributed by atoms with E-state index in [0.29, 0.717) is 24.3 Å². The Morgan fingerprint density at radius 2 is 2.33 bits per heavy atom. The number of nitrogens with one attached hydrogen (secondary N) is 2. The zero-order valence-electron chi connectivity index (χ0n) is 8.09. The van der Waals surface area contributed by atoms with E-state index < -0.39 is 0 Å². The number of hydrogen-bond donors (Lipinski definition) is 3. The van der Waals surface area contributed by atoms with E-state index in [2.05, 4.69) is 10.6 Å². The summed E-state index contributed by atoms with van der Waals surface area (Å²) in [6, 6.07) is 4.13. The summed E-state index contributed by atoms with van der Waals surface area (Å²) in [5, 5.41) is 5.72. The molecule has 1 atom stereocenters. The minimum Gasteiger partial charge on any atom is -0.397 e. The number of halogens is 1. The summed E-state index contributed by atoms with van der Waals surface area (Å²) in [6.07, 6.45) is 0.399. The van der Waals surface area contributed by atoms with Crippen LogP contribution >= 0.6 is 0 Å². The normalized spacial score (nSPS) is 20.1. The molecule has 1 aromatic rings. The maximum absolute atomic E-state index is 12.9. The molecule has 5 heteroatoms. The first kappa shape index (κ1) is 9.76. The van der Waals surface area contributed by atoms with Crippen molar-refractivity contribution in [3.05, 3.63) is 24.0 Å². The molecule has 1 amide bonds. The number of nitrogens with two attached hydrogens (primary N) is 1. The van der Waals surface area contributed by atoms with Crippen LogP contribution in [0.4, 0.5) is 15.8 Å². The number of anilines is 2. The van der Waals surface area contributed by atoms with Crippen molar-refractivity contribution >= 4 is 17.3 Å². The van der Waals surface area contributed by atoms with Gasteiger partial charge >= 0.3 is 0 Å². The summed E-state index contributed by atoms with van der Waals surface area (Å²) in [6.45, 7) is 0.550. The quantitative estimate of drug-likeness (QED) is 0.628. The molecule has 1 unspecified atom stereocenters. The van der Waals surface area contributed by atoms with Gasteiger partial charge in [0.2, 0.25) is 5.91 Å². The Bertz CT molecular complexity index is 394. The van der Waals surface area contributed by atoms with E-state index in [4.69, 9.17) is 5.73 Å². The van der Waals surface area contributed by atoms with Gasteiger partial charge in [0.25, 0.3) is 0 Å². The molecular weight excluding hydrogens is 197 g/mol. The van der Waals surface area contributed by atoms with Crippen LogP contribution in [0, 0.1) is 5.82 Å². The topological polar surface area (TPSA) is 67.2 Å². The number of hydrogen-bond acceptors (Lipinski definition) is 3. The second kappa shape index (κ2) is 3.76. The Hall–Kier alpha value is -1.78. The first-order chi connectivity index (χ1) is 7.15. The van der Waals surface area contributed by atoms with Crippen molar-refractivity contribution in [1.82, 2.24) is 5.32 Å². The fourth-order valence-electron chi connectivity index (χ4n) is 1.58. The third-order valence-electron chi connectivity index (χ3n) is 2.35. The minimum absolute atomic E-state index is 0.00229. The molecular formula is C10H12FN3O. The van der Waals surface area contributed by atoms with Crippen LogP contribution in [0.15, 0.2) is 18.2 Å². The predicted octanol–water partition coefficient (Wildman–Crippen LogP) is 0.708. The van der Waals surface area contributed by atoms with Gasteiger partial charge < -0.3 is 16.4 Å². The van der Waals surface area contributed by atoms with E-state index in [1.54, 1.807) is 0 Å². The van der Waals surface area contributed by atoms with E-state index in [1.165, 1.54) is 18.2 Å². The highest BCUT2D eigenvalue weighted by molar-refractivity contribution is 5.80. The molecule has 1 aliphatic rings. The molecule has 1 aliphatic heterocycles. The van der Waals surface area contributed by atoms with Crippen LogP contribution in [-0.4, -0.2) is 18.5 Å². The molecule has 80 valence electrons. The zero-order chi connectivity index (χ0) is 10.8. The fraction of sp³-hybridized carbons (Fsp3) is 0.300. The Morgan fingerprint density at radius 1 is 1.53 bits per heavy atom. The van der Waals surface area contributed by atoms with Crippen molar-refractivity contribution in [1.29, 1.82) is 0 Å². The largest absolute Gasteiger partial charge is 0.397 e. The Labute approximate surface area is 86.7 Å². The lowest BCUT2D eigenvalue weighted by Crippen LogP contribution is -2.22. The zero-order valence-corrected chi connectivity index (χ0v) is 8.09. The SMILES string of the molecule is Nc1ccc(F)cc1NC1CNC(=O)C1. The highest BCUT2D eigenvalue weighted by Crippen LogP contribution is 2.21. The summed E-state index contributed by atoms with van der Waals surface area (Å²) in [4.78, 5) is 10.9. The molecule has 1 fully saturated rings. The number of nitrogen functional groups attached to an aromatic ring is 1. The van der Waals surface area contributed by atoms with Gasteiger partial charge in [0.05, 0.1) is 17.4 Å². The molecule has 4 N–H and O–H groups in total. The van der Waals surface area contributed by atoms with Gasteiger partial charge in [0.15, 0.2) is 0 Å². The van der Waals surface area contributed by atoms with E-state index in [0.717, 1.165) is 0 Å². The second-order valence-corrected chi connectivity index (χ2v) is 3.58. The van der Waals surface area contributed by atoms with Crippen molar-refractivity contribution in [3.8, 4) is 0 Å². The standard InChI is InChI=1S/C10H12FN3O/c11-6-1-2-8(12)9(3-6)14-7-4-10(15)13-5-7/h1-3,7,14H,4-5,12H2,(H,13,15). The van der Waals surface area contributed by atoms with E-state index in [9.17, 15) is 9.18 Å². The van der Waals surface area contributed by atoms with Crippen molar-refractivity contribution < 1.29 is 9.18 Å². The molecule has 2 rings (SSSR count). The van der Waals surface area contributed by atoms with Gasteiger partial charge in [-0.05, 0) is 18.2 Å². The Balaban J connectivity index is 2.10. The number of rotatable bonds is 2. The molecule has 1 saturated heterocycles. The third-order valence-corrected chi connectivity index (χ3v) is 2.35. The molecule has 0 spiro atoms. The number of amides is 1. The lowest BCUT2D eigenvalue weighted by atomic mass is 10.2. The number of carbonyl (C=O) groups excluding carboxylic acids is 1. The molecule has 0 aromatic heterocycles. The monoisotopic (exact) mass is 209 g/mol. The summed E-state index contributed by atoms with van der Waals surface area (Å²) >= 11 is 0. The summed E-state index contributed by atoms with van der Waals surface area (Å²) in [5.74, 6) is -0.341. The molecule has 1 heterocycles. The van der Waals surface area contributed by atoms with Gasteiger partial charge in [-0.3, -0.25) is 4.79 Å². The van der Waals surface area contributed by atoms with Crippen LogP contribution < -0.4 is 16.4 Å². The van der Waals surface area contributed by atoms with Crippen LogP contribution in [-0.2, 0) is 4.79 Å². The van der Waals surface area contributed by atoms with Gasteiger partial charge in [-0.15, -0.1) is 0 Å². The van der Waals surface area contributed by atoms with Gasteiger partial charge in [-0.25, -0.2) is 4.39 Å². The van der Waals surface area contributed by atoms with Gasteiger partial charge in [0.1, 0.15) is 5.82 Å². The fourth-order valence-corrected chi connectivity index (χ4v) is 1.58. The van der Waals surface area contributed by atoms with Crippen molar-refractivity contribution in [2.75, 3.05) is 17.6 Å². The molecule has 15 heavy (non-hydrogen) atoms. The molecule has 0 bridgehead atoms. The first-order valence-electron chi connectivity index (χ1n) is 4.73. The average molecular weight is 209 g/mol. The Morgan fingerprint density at radius 3 is 3.00 bits per heavy atom. The van der Waals surface area contributed by atoms with Crippen LogP contribution in [0.3, 0.4) is 0 Å². The van der Waals surface area contributed by atoms with Gasteiger partial charge in [-0.2, -0.15) is 0 Å². The first-order valence-corrected chi connectivity index (χ1v) is 4.73. The molecule has 0 saturated carbocycles. The highest BCUT2D eigenvalue weighted by atomic mass is 19.1.